The van der Waals surface area contributed by atoms with E-state index < -0.39 is 17.5 Å². The molecule has 4 aromatic rings. The molecule has 0 saturated carbocycles. The van der Waals surface area contributed by atoms with E-state index >= 15 is 0 Å². The Hall–Kier alpha value is -3.59. The number of aromatic amines is 1. The lowest BCUT2D eigenvalue weighted by Crippen LogP contribution is -2.12. The van der Waals surface area contributed by atoms with Crippen molar-refractivity contribution in [2.24, 2.45) is 0 Å². The molecule has 9 heteroatoms. The van der Waals surface area contributed by atoms with Crippen LogP contribution in [0.15, 0.2) is 54.6 Å². The standard InChI is InChI=1S/C19H12F2N4O2S/c20-11-3-1-10(2-4-11)17(26)23-16-14-9-15(28-19(14)25-24-16)18(27)22-13-7-5-12(21)6-8-13/h1-9H,(H,22,27)(H2,23,24,25,26). The van der Waals surface area contributed by atoms with E-state index in [-0.39, 0.29) is 11.5 Å². The summed E-state index contributed by atoms with van der Waals surface area (Å²) in [7, 11) is 0. The van der Waals surface area contributed by atoms with E-state index in [1.807, 2.05) is 0 Å². The molecule has 6 nitrogen and oxygen atoms in total. The van der Waals surface area contributed by atoms with Crippen molar-refractivity contribution in [1.29, 1.82) is 0 Å². The molecule has 0 aliphatic carbocycles. The Bertz CT molecular complexity index is 1170. The third-order valence-corrected chi connectivity index (χ3v) is 4.95. The van der Waals surface area contributed by atoms with E-state index in [4.69, 9.17) is 0 Å². The van der Waals surface area contributed by atoms with Gasteiger partial charge in [-0.05, 0) is 54.6 Å². The van der Waals surface area contributed by atoms with Crippen LogP contribution < -0.4 is 10.6 Å². The molecule has 0 aliphatic rings. The molecule has 0 atom stereocenters. The molecule has 2 heterocycles. The van der Waals surface area contributed by atoms with Crippen LogP contribution in [0.4, 0.5) is 20.3 Å². The Balaban J connectivity index is 1.53. The SMILES string of the molecule is O=C(Nc1[nH]nc2sc(C(=O)Nc3ccc(F)cc3)cc12)c1ccc(F)cc1. The largest absolute Gasteiger partial charge is 0.321 e. The van der Waals surface area contributed by atoms with Gasteiger partial charge in [0, 0.05) is 11.3 Å². The minimum absolute atomic E-state index is 0.286. The molecule has 140 valence electrons. The molecule has 0 aliphatic heterocycles. The van der Waals surface area contributed by atoms with Crippen LogP contribution in [-0.2, 0) is 0 Å². The van der Waals surface area contributed by atoms with E-state index in [0.717, 1.165) is 11.3 Å². The van der Waals surface area contributed by atoms with Gasteiger partial charge in [-0.1, -0.05) is 0 Å². The number of carbonyl (C=O) groups is 2. The van der Waals surface area contributed by atoms with Crippen LogP contribution in [0.2, 0.25) is 0 Å². The number of carbonyl (C=O) groups excluding carboxylic acids is 2. The third-order valence-electron chi connectivity index (χ3n) is 3.92. The summed E-state index contributed by atoms with van der Waals surface area (Å²) in [6.07, 6.45) is 0. The monoisotopic (exact) mass is 398 g/mol. The van der Waals surface area contributed by atoms with E-state index in [2.05, 4.69) is 20.8 Å². The molecular formula is C19H12F2N4O2S. The molecule has 2 aromatic heterocycles. The van der Waals surface area contributed by atoms with Crippen molar-refractivity contribution >= 4 is 44.9 Å². The van der Waals surface area contributed by atoms with Crippen LogP contribution in [0.1, 0.15) is 20.0 Å². The fraction of sp³-hybridized carbons (Fsp3) is 0. The Morgan fingerprint density at radius 3 is 2.21 bits per heavy atom. The number of aromatic nitrogens is 2. The number of thiophene rings is 1. The first kappa shape index (κ1) is 17.8. The average molecular weight is 398 g/mol. The summed E-state index contributed by atoms with van der Waals surface area (Å²) in [5.74, 6) is -1.30. The zero-order valence-corrected chi connectivity index (χ0v) is 14.9. The summed E-state index contributed by atoms with van der Waals surface area (Å²) in [6, 6.07) is 12.1. The predicted octanol–water partition coefficient (Wildman–Crippen LogP) is 4.41. The maximum absolute atomic E-state index is 13.0. The van der Waals surface area contributed by atoms with Crippen LogP contribution in [0.3, 0.4) is 0 Å². The number of amides is 2. The summed E-state index contributed by atoms with van der Waals surface area (Å²) < 4.78 is 25.9. The van der Waals surface area contributed by atoms with Crippen molar-refractivity contribution in [2.75, 3.05) is 10.6 Å². The Kier molecular flexibility index (Phi) is 4.58. The Labute approximate surface area is 161 Å². The minimum atomic E-state index is -0.436. The highest BCUT2D eigenvalue weighted by Gasteiger charge is 2.17. The normalized spacial score (nSPS) is 10.8. The number of H-pyrrole nitrogens is 1. The van der Waals surface area contributed by atoms with Crippen LogP contribution in [-0.4, -0.2) is 22.0 Å². The van der Waals surface area contributed by atoms with Crippen molar-refractivity contribution in [3.8, 4) is 0 Å². The second-order valence-electron chi connectivity index (χ2n) is 5.85. The number of fused-ring (bicyclic) bond motifs is 1. The van der Waals surface area contributed by atoms with Crippen LogP contribution >= 0.6 is 11.3 Å². The zero-order valence-electron chi connectivity index (χ0n) is 14.1. The summed E-state index contributed by atoms with van der Waals surface area (Å²) >= 11 is 1.14. The molecule has 0 saturated heterocycles. The topological polar surface area (TPSA) is 86.9 Å². The van der Waals surface area contributed by atoms with Gasteiger partial charge in [-0.15, -0.1) is 11.3 Å². The summed E-state index contributed by atoms with van der Waals surface area (Å²) in [5.41, 5.74) is 0.748. The van der Waals surface area contributed by atoms with Crippen molar-refractivity contribution in [3.05, 3.63) is 76.7 Å². The predicted molar refractivity (Wildman–Crippen MR) is 103 cm³/mol. The van der Waals surface area contributed by atoms with Crippen molar-refractivity contribution in [3.63, 3.8) is 0 Å². The van der Waals surface area contributed by atoms with Gasteiger partial charge in [0.25, 0.3) is 11.8 Å². The van der Waals surface area contributed by atoms with Crippen molar-refractivity contribution in [1.82, 2.24) is 10.2 Å². The number of nitrogens with zero attached hydrogens (tertiary/aromatic N) is 1. The van der Waals surface area contributed by atoms with Gasteiger partial charge in [-0.25, -0.2) is 8.78 Å². The van der Waals surface area contributed by atoms with Crippen LogP contribution in [0.25, 0.3) is 10.2 Å². The highest BCUT2D eigenvalue weighted by molar-refractivity contribution is 7.20. The van der Waals surface area contributed by atoms with Gasteiger partial charge in [0.05, 0.1) is 10.3 Å². The van der Waals surface area contributed by atoms with E-state index in [1.54, 1.807) is 6.07 Å². The van der Waals surface area contributed by atoms with Crippen molar-refractivity contribution < 1.29 is 18.4 Å². The molecule has 0 spiro atoms. The fourth-order valence-corrected chi connectivity index (χ4v) is 3.42. The van der Waals surface area contributed by atoms with Gasteiger partial charge < -0.3 is 10.6 Å². The first-order chi connectivity index (χ1) is 13.5. The van der Waals surface area contributed by atoms with Gasteiger partial charge in [-0.2, -0.15) is 5.10 Å². The highest BCUT2D eigenvalue weighted by atomic mass is 32.1. The molecule has 2 aromatic carbocycles. The highest BCUT2D eigenvalue weighted by Crippen LogP contribution is 2.30. The number of hydrogen-bond acceptors (Lipinski definition) is 4. The van der Waals surface area contributed by atoms with Gasteiger partial charge in [0.1, 0.15) is 22.3 Å². The number of rotatable bonds is 4. The number of benzene rings is 2. The van der Waals surface area contributed by atoms with Gasteiger partial charge >= 0.3 is 0 Å². The first-order valence-corrected chi connectivity index (χ1v) is 8.93. The third kappa shape index (κ3) is 3.60. The molecule has 3 N–H and O–H groups in total. The maximum atomic E-state index is 13.0. The van der Waals surface area contributed by atoms with E-state index in [1.165, 1.54) is 48.5 Å². The molecule has 2 amide bonds. The van der Waals surface area contributed by atoms with Crippen molar-refractivity contribution in [2.45, 2.75) is 0 Å². The maximum Gasteiger partial charge on any atom is 0.265 e. The average Bonchev–Trinajstić information content (AvgIpc) is 3.26. The second-order valence-corrected chi connectivity index (χ2v) is 6.88. The molecule has 4 rings (SSSR count). The molecule has 0 fully saturated rings. The number of nitrogens with one attached hydrogen (secondary N) is 3. The van der Waals surface area contributed by atoms with E-state index in [0.29, 0.717) is 26.6 Å². The zero-order chi connectivity index (χ0) is 19.7. The smallest absolute Gasteiger partial charge is 0.265 e. The lowest BCUT2D eigenvalue weighted by molar-refractivity contribution is 0.102. The lowest BCUT2D eigenvalue weighted by Gasteiger charge is -2.03. The number of hydrogen-bond donors (Lipinski definition) is 3. The lowest BCUT2D eigenvalue weighted by atomic mass is 10.2. The number of halogens is 2. The quantitative estimate of drug-likeness (QED) is 0.476. The van der Waals surface area contributed by atoms with Gasteiger partial charge in [-0.3, -0.25) is 14.7 Å². The fourth-order valence-electron chi connectivity index (χ4n) is 2.53. The summed E-state index contributed by atoms with van der Waals surface area (Å²) in [4.78, 5) is 25.6. The summed E-state index contributed by atoms with van der Waals surface area (Å²) in [6.45, 7) is 0. The molecule has 0 radical (unpaired) electrons. The Morgan fingerprint density at radius 1 is 0.893 bits per heavy atom. The molecule has 0 bridgehead atoms. The molecule has 0 unspecified atom stereocenters. The van der Waals surface area contributed by atoms with Crippen LogP contribution in [0, 0.1) is 11.6 Å². The van der Waals surface area contributed by atoms with Gasteiger partial charge in [0.15, 0.2) is 0 Å². The first-order valence-electron chi connectivity index (χ1n) is 8.11. The van der Waals surface area contributed by atoms with Crippen LogP contribution in [0.5, 0.6) is 0 Å². The molecular weight excluding hydrogens is 386 g/mol. The Morgan fingerprint density at radius 2 is 1.54 bits per heavy atom. The number of anilines is 2. The molecule has 28 heavy (non-hydrogen) atoms. The summed E-state index contributed by atoms with van der Waals surface area (Å²) in [5, 5.41) is 12.7. The van der Waals surface area contributed by atoms with Gasteiger partial charge in [0.2, 0.25) is 0 Å². The second kappa shape index (κ2) is 7.20. The van der Waals surface area contributed by atoms with E-state index in [9.17, 15) is 18.4 Å². The minimum Gasteiger partial charge on any atom is -0.321 e.